The lowest BCUT2D eigenvalue weighted by Gasteiger charge is -2.35. The average Bonchev–Trinajstić information content (AvgIpc) is 3.20. The maximum Gasteiger partial charge on any atom is 0.144 e. The van der Waals surface area contributed by atoms with Gasteiger partial charge in [0.05, 0.1) is 11.6 Å². The first-order valence-electron chi connectivity index (χ1n) is 8.18. The molecule has 1 aliphatic heterocycles. The van der Waals surface area contributed by atoms with Crippen molar-refractivity contribution in [3.63, 3.8) is 0 Å². The Hall–Kier alpha value is -2.13. The molecule has 5 heteroatoms. The van der Waals surface area contributed by atoms with E-state index >= 15 is 0 Å². The number of hydrogen-bond donors (Lipinski definition) is 2. The third-order valence-corrected chi connectivity index (χ3v) is 5.77. The molecule has 0 spiro atoms. The van der Waals surface area contributed by atoms with Crippen molar-refractivity contribution in [3.05, 3.63) is 68.8 Å². The number of rotatable bonds is 2. The molecule has 25 heavy (non-hydrogen) atoms. The third kappa shape index (κ3) is 2.49. The second-order valence-electron chi connectivity index (χ2n) is 6.79. The van der Waals surface area contributed by atoms with Gasteiger partial charge in [-0.2, -0.15) is 5.26 Å². The van der Waals surface area contributed by atoms with E-state index in [0.29, 0.717) is 18.7 Å². The second kappa shape index (κ2) is 5.70. The van der Waals surface area contributed by atoms with Crippen molar-refractivity contribution < 1.29 is 5.11 Å². The van der Waals surface area contributed by atoms with Gasteiger partial charge >= 0.3 is 0 Å². The first-order valence-corrected chi connectivity index (χ1v) is 8.97. The minimum atomic E-state index is -1.14. The van der Waals surface area contributed by atoms with E-state index in [1.54, 1.807) is 0 Å². The van der Waals surface area contributed by atoms with Crippen LogP contribution >= 0.6 is 15.9 Å². The van der Waals surface area contributed by atoms with Gasteiger partial charge in [0, 0.05) is 40.2 Å². The molecular weight excluding hydrogens is 378 g/mol. The van der Waals surface area contributed by atoms with Crippen LogP contribution in [0.25, 0.3) is 10.9 Å². The topological polar surface area (TPSA) is 63.0 Å². The van der Waals surface area contributed by atoms with Gasteiger partial charge < -0.3 is 10.1 Å². The highest BCUT2D eigenvalue weighted by Gasteiger charge is 2.38. The Balaban J connectivity index is 1.79. The van der Waals surface area contributed by atoms with Gasteiger partial charge in [0.25, 0.3) is 0 Å². The maximum absolute atomic E-state index is 11.5. The number of benzene rings is 2. The zero-order chi connectivity index (χ0) is 17.8. The fourth-order valence-electron chi connectivity index (χ4n) is 3.78. The molecule has 3 aromatic rings. The minimum Gasteiger partial charge on any atom is -0.372 e. The highest BCUT2D eigenvalue weighted by molar-refractivity contribution is 9.10. The van der Waals surface area contributed by atoms with Crippen molar-refractivity contribution in [2.45, 2.75) is 32.7 Å². The lowest BCUT2D eigenvalue weighted by molar-refractivity contribution is -0.104. The highest BCUT2D eigenvalue weighted by atomic mass is 79.9. The first-order chi connectivity index (χ1) is 11.9. The standard InChI is InChI=1S/C20H18BrN3O/c1-12-7-17(21)18(16-5-6-23-19(12)16)20(2,25)24-10-14-4-3-13(9-22)8-15(14)11-24/h3-8,23,25H,10-11H2,1-2H3. The number of aryl methyl sites for hydroxylation is 1. The Morgan fingerprint density at radius 1 is 1.24 bits per heavy atom. The van der Waals surface area contributed by atoms with E-state index < -0.39 is 5.72 Å². The molecular formula is C20H18BrN3O. The number of nitrogens with one attached hydrogen (secondary N) is 1. The van der Waals surface area contributed by atoms with E-state index in [9.17, 15) is 5.11 Å². The molecule has 0 saturated heterocycles. The van der Waals surface area contributed by atoms with Crippen LogP contribution in [0.4, 0.5) is 0 Å². The van der Waals surface area contributed by atoms with E-state index in [0.717, 1.165) is 37.6 Å². The SMILES string of the molecule is Cc1cc(Br)c(C(C)(O)N2Cc3ccc(C#N)cc3C2)c2cc[nH]c12. The number of aromatic nitrogens is 1. The van der Waals surface area contributed by atoms with E-state index in [-0.39, 0.29) is 0 Å². The number of hydrogen-bond acceptors (Lipinski definition) is 3. The zero-order valence-corrected chi connectivity index (χ0v) is 15.7. The molecule has 126 valence electrons. The van der Waals surface area contributed by atoms with Crippen LogP contribution in [0.5, 0.6) is 0 Å². The third-order valence-electron chi connectivity index (χ3n) is 5.14. The summed E-state index contributed by atoms with van der Waals surface area (Å²) in [5, 5.41) is 21.6. The molecule has 4 rings (SSSR count). The molecule has 4 nitrogen and oxygen atoms in total. The van der Waals surface area contributed by atoms with Crippen molar-refractivity contribution in [1.82, 2.24) is 9.88 Å². The molecule has 1 unspecified atom stereocenters. The number of aliphatic hydroxyl groups is 1. The monoisotopic (exact) mass is 395 g/mol. The number of nitriles is 1. The molecule has 1 aliphatic rings. The Kier molecular flexibility index (Phi) is 3.73. The summed E-state index contributed by atoms with van der Waals surface area (Å²) in [5.74, 6) is 0. The largest absolute Gasteiger partial charge is 0.372 e. The van der Waals surface area contributed by atoms with Crippen molar-refractivity contribution in [2.24, 2.45) is 0 Å². The van der Waals surface area contributed by atoms with Crippen LogP contribution in [0, 0.1) is 18.3 Å². The summed E-state index contributed by atoms with van der Waals surface area (Å²) < 4.78 is 0.899. The fraction of sp³-hybridized carbons (Fsp3) is 0.250. The lowest BCUT2D eigenvalue weighted by Crippen LogP contribution is -2.40. The average molecular weight is 396 g/mol. The van der Waals surface area contributed by atoms with Crippen LogP contribution in [0.3, 0.4) is 0 Å². The summed E-state index contributed by atoms with van der Waals surface area (Å²) in [7, 11) is 0. The van der Waals surface area contributed by atoms with Gasteiger partial charge in [-0.15, -0.1) is 0 Å². The summed E-state index contributed by atoms with van der Waals surface area (Å²) in [4.78, 5) is 5.31. The molecule has 1 aromatic heterocycles. The number of H-pyrrole nitrogens is 1. The Morgan fingerprint density at radius 3 is 2.76 bits per heavy atom. The van der Waals surface area contributed by atoms with Gasteiger partial charge in [-0.1, -0.05) is 22.0 Å². The Labute approximate surface area is 154 Å². The number of aromatic amines is 1. The van der Waals surface area contributed by atoms with Crippen LogP contribution in [-0.2, 0) is 18.8 Å². The summed E-state index contributed by atoms with van der Waals surface area (Å²) in [6.45, 7) is 5.16. The molecule has 2 N–H and O–H groups in total. The van der Waals surface area contributed by atoms with Crippen LogP contribution in [0.1, 0.15) is 34.7 Å². The van der Waals surface area contributed by atoms with Gasteiger partial charge in [-0.3, -0.25) is 4.90 Å². The molecule has 0 bridgehead atoms. The highest BCUT2D eigenvalue weighted by Crippen LogP contribution is 2.41. The molecule has 2 heterocycles. The molecule has 0 aliphatic carbocycles. The van der Waals surface area contributed by atoms with Crippen LogP contribution in [-0.4, -0.2) is 15.0 Å². The molecule has 0 fully saturated rings. The van der Waals surface area contributed by atoms with Crippen molar-refractivity contribution >= 4 is 26.8 Å². The normalized spacial score (nSPS) is 16.6. The lowest BCUT2D eigenvalue weighted by atomic mass is 9.97. The molecule has 0 saturated carbocycles. The Morgan fingerprint density at radius 2 is 2.00 bits per heavy atom. The Bertz CT molecular complexity index is 1030. The smallest absolute Gasteiger partial charge is 0.144 e. The summed E-state index contributed by atoms with van der Waals surface area (Å²) in [6.07, 6.45) is 1.90. The summed E-state index contributed by atoms with van der Waals surface area (Å²) in [6, 6.07) is 12.0. The molecule has 0 amide bonds. The number of fused-ring (bicyclic) bond motifs is 2. The second-order valence-corrected chi connectivity index (χ2v) is 7.64. The minimum absolute atomic E-state index is 0.615. The van der Waals surface area contributed by atoms with Crippen molar-refractivity contribution in [3.8, 4) is 6.07 Å². The molecule has 1 atom stereocenters. The summed E-state index contributed by atoms with van der Waals surface area (Å²) >= 11 is 3.65. The van der Waals surface area contributed by atoms with Gasteiger partial charge in [-0.05, 0) is 54.8 Å². The van der Waals surface area contributed by atoms with Crippen molar-refractivity contribution in [1.29, 1.82) is 5.26 Å². The van der Waals surface area contributed by atoms with Gasteiger partial charge in [-0.25, -0.2) is 0 Å². The zero-order valence-electron chi connectivity index (χ0n) is 14.1. The number of halogens is 1. The van der Waals surface area contributed by atoms with E-state index in [1.165, 1.54) is 0 Å². The van der Waals surface area contributed by atoms with E-state index in [1.807, 2.05) is 48.4 Å². The van der Waals surface area contributed by atoms with E-state index in [4.69, 9.17) is 5.26 Å². The van der Waals surface area contributed by atoms with Gasteiger partial charge in [0.1, 0.15) is 5.72 Å². The number of nitrogens with zero attached hydrogens (tertiary/aromatic N) is 2. The van der Waals surface area contributed by atoms with Crippen molar-refractivity contribution in [2.75, 3.05) is 0 Å². The van der Waals surface area contributed by atoms with Gasteiger partial charge in [0.15, 0.2) is 0 Å². The molecule has 0 radical (unpaired) electrons. The molecule has 2 aromatic carbocycles. The maximum atomic E-state index is 11.5. The van der Waals surface area contributed by atoms with E-state index in [2.05, 4.69) is 33.9 Å². The predicted molar refractivity (Wildman–Crippen MR) is 101 cm³/mol. The quantitative estimate of drug-likeness (QED) is 0.679. The van der Waals surface area contributed by atoms with Crippen LogP contribution < -0.4 is 0 Å². The van der Waals surface area contributed by atoms with Crippen LogP contribution in [0.15, 0.2) is 41.0 Å². The fourth-order valence-corrected chi connectivity index (χ4v) is 4.71. The summed E-state index contributed by atoms with van der Waals surface area (Å²) in [5.41, 5.74) is 4.82. The van der Waals surface area contributed by atoms with Gasteiger partial charge in [0.2, 0.25) is 0 Å². The predicted octanol–water partition coefficient (Wildman–Crippen LogP) is 4.29. The first kappa shape index (κ1) is 16.3. The van der Waals surface area contributed by atoms with Crippen LogP contribution in [0.2, 0.25) is 0 Å².